The average Bonchev–Trinajstić information content (AvgIpc) is 2.96. The lowest BCUT2D eigenvalue weighted by Crippen LogP contribution is -1.97. The van der Waals surface area contributed by atoms with Gasteiger partial charge in [0.1, 0.15) is 11.6 Å². The average molecular weight is 345 g/mol. The van der Waals surface area contributed by atoms with Gasteiger partial charge in [0.05, 0.1) is 31.9 Å². The molecule has 2 aromatic carbocycles. The maximum Gasteiger partial charge on any atom is 0.373 e. The van der Waals surface area contributed by atoms with Gasteiger partial charge in [-0.05, 0) is 12.1 Å². The number of phenolic OH excluding ortho intramolecular Hbond substituents is 1. The number of nitro benzene ring substituents is 3. The molecule has 0 amide bonds. The van der Waals surface area contributed by atoms with Crippen LogP contribution >= 0.6 is 0 Å². The molecule has 0 aliphatic heterocycles. The predicted octanol–water partition coefficient (Wildman–Crippen LogP) is 2.66. The fraction of sp³-hybridized carbons (Fsp3) is 0. The van der Waals surface area contributed by atoms with E-state index in [9.17, 15) is 35.4 Å². The summed E-state index contributed by atoms with van der Waals surface area (Å²) in [5.41, 5.74) is -1.91. The van der Waals surface area contributed by atoms with Crippen LogP contribution in [-0.2, 0) is 0 Å². The molecular weight excluding hydrogens is 338 g/mol. The van der Waals surface area contributed by atoms with Crippen LogP contribution in [0.15, 0.2) is 30.3 Å². The molecule has 0 aliphatic rings. The van der Waals surface area contributed by atoms with E-state index >= 15 is 0 Å². The van der Waals surface area contributed by atoms with Crippen LogP contribution in [0.3, 0.4) is 0 Å². The Balaban J connectivity index is 2.23. The van der Waals surface area contributed by atoms with Crippen molar-refractivity contribution in [2.45, 2.75) is 0 Å². The Hall–Kier alpha value is -4.09. The highest BCUT2D eigenvalue weighted by Crippen LogP contribution is 2.37. The molecule has 0 fully saturated rings. The molecule has 3 aromatic rings. The minimum absolute atomic E-state index is 0.0222. The Kier molecular flexibility index (Phi) is 3.49. The van der Waals surface area contributed by atoms with Crippen molar-refractivity contribution < 1.29 is 19.9 Å². The molecule has 3 rings (SSSR count). The van der Waals surface area contributed by atoms with Crippen LogP contribution < -0.4 is 0 Å². The number of aromatic amines is 1. The van der Waals surface area contributed by atoms with Gasteiger partial charge in [-0.25, -0.2) is 4.98 Å². The van der Waals surface area contributed by atoms with Crippen molar-refractivity contribution in [3.05, 3.63) is 60.7 Å². The number of non-ortho nitro benzene ring substituents is 1. The number of aromatic nitrogens is 2. The highest BCUT2D eigenvalue weighted by atomic mass is 16.6. The lowest BCUT2D eigenvalue weighted by Gasteiger charge is -2.00. The molecule has 12 nitrogen and oxygen atoms in total. The van der Waals surface area contributed by atoms with E-state index in [4.69, 9.17) is 0 Å². The standard InChI is InChI=1S/C13H7N5O7/c19-10-5-6(16(20)21)1-2-7(10)13-14-8-3-4-9(17(22)23)12(18(24)25)11(8)15-13/h1-5,19H,(H,14,15). The molecule has 0 bridgehead atoms. The summed E-state index contributed by atoms with van der Waals surface area (Å²) in [6, 6.07) is 5.46. The number of imidazole rings is 1. The number of benzene rings is 2. The van der Waals surface area contributed by atoms with Crippen molar-refractivity contribution in [2.75, 3.05) is 0 Å². The van der Waals surface area contributed by atoms with Gasteiger partial charge in [0.15, 0.2) is 5.52 Å². The molecule has 126 valence electrons. The Bertz CT molecular complexity index is 1060. The van der Waals surface area contributed by atoms with Crippen LogP contribution in [0.1, 0.15) is 0 Å². The second-order valence-electron chi connectivity index (χ2n) is 4.89. The molecule has 2 N–H and O–H groups in total. The van der Waals surface area contributed by atoms with Gasteiger partial charge in [0.2, 0.25) is 0 Å². The first-order valence-electron chi connectivity index (χ1n) is 6.59. The highest BCUT2D eigenvalue weighted by molar-refractivity contribution is 5.92. The van der Waals surface area contributed by atoms with Crippen LogP contribution in [0, 0.1) is 30.3 Å². The second kappa shape index (κ2) is 5.52. The molecule has 0 unspecified atom stereocenters. The molecule has 0 saturated heterocycles. The van der Waals surface area contributed by atoms with E-state index in [-0.39, 0.29) is 28.1 Å². The van der Waals surface area contributed by atoms with Gasteiger partial charge in [0.25, 0.3) is 5.69 Å². The fourth-order valence-electron chi connectivity index (χ4n) is 2.34. The first-order chi connectivity index (χ1) is 11.8. The number of rotatable bonds is 4. The van der Waals surface area contributed by atoms with Gasteiger partial charge in [-0.3, -0.25) is 30.3 Å². The van der Waals surface area contributed by atoms with E-state index in [2.05, 4.69) is 9.97 Å². The zero-order valence-electron chi connectivity index (χ0n) is 12.1. The number of nitro groups is 3. The zero-order chi connectivity index (χ0) is 18.3. The van der Waals surface area contributed by atoms with Crippen molar-refractivity contribution in [2.24, 2.45) is 0 Å². The Morgan fingerprint density at radius 2 is 1.68 bits per heavy atom. The number of fused-ring (bicyclic) bond motifs is 1. The minimum atomic E-state index is -0.916. The van der Waals surface area contributed by atoms with Crippen molar-refractivity contribution in [1.82, 2.24) is 9.97 Å². The molecule has 1 aromatic heterocycles. The maximum absolute atomic E-state index is 11.2. The van der Waals surface area contributed by atoms with Crippen LogP contribution in [0.25, 0.3) is 22.4 Å². The minimum Gasteiger partial charge on any atom is -0.507 e. The summed E-state index contributed by atoms with van der Waals surface area (Å²) in [6.45, 7) is 0. The quantitative estimate of drug-likeness (QED) is 0.535. The smallest absolute Gasteiger partial charge is 0.373 e. The summed E-state index contributed by atoms with van der Waals surface area (Å²) < 4.78 is 0. The lowest BCUT2D eigenvalue weighted by atomic mass is 10.1. The first-order valence-corrected chi connectivity index (χ1v) is 6.59. The number of H-pyrrole nitrogens is 1. The molecule has 0 spiro atoms. The van der Waals surface area contributed by atoms with Gasteiger partial charge >= 0.3 is 11.4 Å². The third kappa shape index (κ3) is 2.56. The lowest BCUT2D eigenvalue weighted by molar-refractivity contribution is -0.421. The third-order valence-electron chi connectivity index (χ3n) is 3.43. The van der Waals surface area contributed by atoms with E-state index < -0.39 is 31.9 Å². The van der Waals surface area contributed by atoms with Gasteiger partial charge in [-0.15, -0.1) is 0 Å². The van der Waals surface area contributed by atoms with Gasteiger partial charge in [0, 0.05) is 12.1 Å². The van der Waals surface area contributed by atoms with E-state index in [1.54, 1.807) is 0 Å². The largest absolute Gasteiger partial charge is 0.507 e. The zero-order valence-corrected chi connectivity index (χ0v) is 12.1. The SMILES string of the molecule is O=[N+]([O-])c1ccc(-c2nc3c([N+](=O)[O-])c([N+](=O)[O-])ccc3[nH]2)c(O)c1. The Morgan fingerprint density at radius 3 is 2.24 bits per heavy atom. The van der Waals surface area contributed by atoms with E-state index in [0.29, 0.717) is 0 Å². The number of aromatic hydroxyl groups is 1. The van der Waals surface area contributed by atoms with Crippen LogP contribution in [0.4, 0.5) is 17.1 Å². The number of phenols is 1. The van der Waals surface area contributed by atoms with Crippen LogP contribution in [0.5, 0.6) is 5.75 Å². The molecule has 12 heteroatoms. The first kappa shape index (κ1) is 15.8. The second-order valence-corrected chi connectivity index (χ2v) is 4.89. The van der Waals surface area contributed by atoms with Crippen molar-refractivity contribution in [3.8, 4) is 17.1 Å². The normalized spacial score (nSPS) is 10.7. The molecule has 0 atom stereocenters. The molecule has 0 saturated carbocycles. The Morgan fingerprint density at radius 1 is 0.960 bits per heavy atom. The van der Waals surface area contributed by atoms with Crippen LogP contribution in [0.2, 0.25) is 0 Å². The topological polar surface area (TPSA) is 178 Å². The van der Waals surface area contributed by atoms with E-state index in [0.717, 1.165) is 18.2 Å². The summed E-state index contributed by atoms with van der Waals surface area (Å²) in [6.07, 6.45) is 0. The summed E-state index contributed by atoms with van der Waals surface area (Å²) >= 11 is 0. The predicted molar refractivity (Wildman–Crippen MR) is 83.2 cm³/mol. The molecule has 0 aliphatic carbocycles. The van der Waals surface area contributed by atoms with Crippen molar-refractivity contribution in [3.63, 3.8) is 0 Å². The molecule has 0 radical (unpaired) electrons. The van der Waals surface area contributed by atoms with Gasteiger partial charge in [-0.1, -0.05) is 0 Å². The highest BCUT2D eigenvalue weighted by Gasteiger charge is 2.30. The fourth-order valence-corrected chi connectivity index (χ4v) is 2.34. The van der Waals surface area contributed by atoms with Crippen LogP contribution in [-0.4, -0.2) is 29.8 Å². The maximum atomic E-state index is 11.2. The molecule has 1 heterocycles. The van der Waals surface area contributed by atoms with E-state index in [1.807, 2.05) is 0 Å². The Labute approximate surface area is 136 Å². The van der Waals surface area contributed by atoms with Crippen molar-refractivity contribution in [1.29, 1.82) is 0 Å². The monoisotopic (exact) mass is 345 g/mol. The van der Waals surface area contributed by atoms with Gasteiger partial charge < -0.3 is 10.1 Å². The third-order valence-corrected chi connectivity index (χ3v) is 3.43. The van der Waals surface area contributed by atoms with Gasteiger partial charge in [-0.2, -0.15) is 0 Å². The molecular formula is C13H7N5O7. The number of nitrogens with one attached hydrogen (secondary N) is 1. The summed E-state index contributed by atoms with van der Waals surface area (Å²) in [7, 11) is 0. The summed E-state index contributed by atoms with van der Waals surface area (Å²) in [5, 5.41) is 42.8. The summed E-state index contributed by atoms with van der Waals surface area (Å²) in [4.78, 5) is 37.0. The number of hydrogen-bond acceptors (Lipinski definition) is 8. The van der Waals surface area contributed by atoms with Crippen molar-refractivity contribution >= 4 is 28.1 Å². The summed E-state index contributed by atoms with van der Waals surface area (Å²) in [5.74, 6) is -0.489. The molecule has 25 heavy (non-hydrogen) atoms. The number of nitrogens with zero attached hydrogens (tertiary/aromatic N) is 4. The number of hydrogen-bond donors (Lipinski definition) is 2. The van der Waals surface area contributed by atoms with E-state index in [1.165, 1.54) is 12.1 Å².